The standard InChI is InChI=1S/C18H23NO3/c1-3-12(2)13-8-10-14(11-9-13)19-17(20)15-6-4-5-7-16(15)18(21)22/h4-5,8-12,15-16H,3,6-7H2,1-2H3,(H,19,20)(H,21,22). The van der Waals surface area contributed by atoms with E-state index in [1.165, 1.54) is 5.56 Å². The van der Waals surface area contributed by atoms with E-state index in [1.807, 2.05) is 36.4 Å². The fourth-order valence-corrected chi connectivity index (χ4v) is 2.74. The van der Waals surface area contributed by atoms with Gasteiger partial charge in [-0.05, 0) is 42.9 Å². The van der Waals surface area contributed by atoms with Crippen LogP contribution in [-0.4, -0.2) is 17.0 Å². The molecule has 1 aromatic carbocycles. The Balaban J connectivity index is 2.05. The van der Waals surface area contributed by atoms with E-state index in [-0.39, 0.29) is 5.91 Å². The molecule has 1 aliphatic carbocycles. The van der Waals surface area contributed by atoms with Gasteiger partial charge < -0.3 is 10.4 Å². The Kier molecular flexibility index (Phi) is 5.36. The number of carboxylic acids is 1. The smallest absolute Gasteiger partial charge is 0.307 e. The van der Waals surface area contributed by atoms with Crippen molar-refractivity contribution in [3.63, 3.8) is 0 Å². The molecule has 0 aromatic heterocycles. The molecule has 0 saturated carbocycles. The van der Waals surface area contributed by atoms with Crippen molar-refractivity contribution in [3.8, 4) is 0 Å². The van der Waals surface area contributed by atoms with Crippen molar-refractivity contribution in [1.29, 1.82) is 0 Å². The zero-order valence-electron chi connectivity index (χ0n) is 13.1. The van der Waals surface area contributed by atoms with Crippen LogP contribution in [0.15, 0.2) is 36.4 Å². The predicted molar refractivity (Wildman–Crippen MR) is 86.8 cm³/mol. The summed E-state index contributed by atoms with van der Waals surface area (Å²) in [7, 11) is 0. The van der Waals surface area contributed by atoms with Crippen LogP contribution in [0.3, 0.4) is 0 Å². The third-order valence-electron chi connectivity index (χ3n) is 4.45. The van der Waals surface area contributed by atoms with Crippen LogP contribution < -0.4 is 5.32 Å². The van der Waals surface area contributed by atoms with Crippen molar-refractivity contribution in [2.45, 2.75) is 39.0 Å². The van der Waals surface area contributed by atoms with E-state index in [0.717, 1.165) is 12.1 Å². The van der Waals surface area contributed by atoms with Gasteiger partial charge in [0.25, 0.3) is 0 Å². The van der Waals surface area contributed by atoms with Crippen LogP contribution in [0, 0.1) is 11.8 Å². The lowest BCUT2D eigenvalue weighted by Gasteiger charge is -2.24. The van der Waals surface area contributed by atoms with Gasteiger partial charge in [0.05, 0.1) is 11.8 Å². The molecule has 0 spiro atoms. The number of nitrogens with one attached hydrogen (secondary N) is 1. The van der Waals surface area contributed by atoms with Crippen LogP contribution in [-0.2, 0) is 9.59 Å². The third kappa shape index (κ3) is 3.75. The number of carbonyl (C=O) groups is 2. The fourth-order valence-electron chi connectivity index (χ4n) is 2.74. The summed E-state index contributed by atoms with van der Waals surface area (Å²) in [6.07, 6.45) is 5.69. The molecule has 3 unspecified atom stereocenters. The zero-order valence-corrected chi connectivity index (χ0v) is 13.1. The molecule has 1 aromatic rings. The number of benzene rings is 1. The van der Waals surface area contributed by atoms with Gasteiger partial charge in [0.2, 0.25) is 5.91 Å². The Morgan fingerprint density at radius 1 is 1.18 bits per heavy atom. The van der Waals surface area contributed by atoms with E-state index >= 15 is 0 Å². The maximum atomic E-state index is 12.3. The Bertz CT molecular complexity index is 562. The molecule has 1 amide bonds. The summed E-state index contributed by atoms with van der Waals surface area (Å²) in [5.41, 5.74) is 1.96. The minimum Gasteiger partial charge on any atom is -0.481 e. The number of aliphatic carboxylic acids is 1. The first-order chi connectivity index (χ1) is 10.5. The molecular formula is C18H23NO3. The highest BCUT2D eigenvalue weighted by molar-refractivity contribution is 5.95. The highest BCUT2D eigenvalue weighted by Crippen LogP contribution is 2.27. The second-order valence-corrected chi connectivity index (χ2v) is 5.91. The van der Waals surface area contributed by atoms with E-state index in [4.69, 9.17) is 0 Å². The number of hydrogen-bond donors (Lipinski definition) is 2. The van der Waals surface area contributed by atoms with Crippen LogP contribution in [0.1, 0.15) is 44.6 Å². The minimum atomic E-state index is -0.906. The monoisotopic (exact) mass is 301 g/mol. The lowest BCUT2D eigenvalue weighted by atomic mass is 9.82. The highest BCUT2D eigenvalue weighted by atomic mass is 16.4. The normalized spacial score (nSPS) is 22.1. The van der Waals surface area contributed by atoms with E-state index in [1.54, 1.807) is 0 Å². The molecule has 0 radical (unpaired) electrons. The van der Waals surface area contributed by atoms with E-state index in [9.17, 15) is 14.7 Å². The predicted octanol–water partition coefficient (Wildman–Crippen LogP) is 3.81. The second-order valence-electron chi connectivity index (χ2n) is 5.91. The first kappa shape index (κ1) is 16.3. The van der Waals surface area contributed by atoms with Gasteiger partial charge in [-0.3, -0.25) is 9.59 Å². The maximum absolute atomic E-state index is 12.3. The topological polar surface area (TPSA) is 66.4 Å². The third-order valence-corrected chi connectivity index (χ3v) is 4.45. The summed E-state index contributed by atoms with van der Waals surface area (Å²) in [5, 5.41) is 12.1. The number of hydrogen-bond acceptors (Lipinski definition) is 2. The highest BCUT2D eigenvalue weighted by Gasteiger charge is 2.33. The SMILES string of the molecule is CCC(C)c1ccc(NC(=O)C2CC=CCC2C(=O)O)cc1. The van der Waals surface area contributed by atoms with Gasteiger partial charge in [-0.1, -0.05) is 38.1 Å². The molecule has 0 fully saturated rings. The first-order valence-corrected chi connectivity index (χ1v) is 7.81. The molecule has 0 saturated heterocycles. The molecular weight excluding hydrogens is 278 g/mol. The summed E-state index contributed by atoms with van der Waals surface area (Å²) in [4.78, 5) is 23.6. The Morgan fingerprint density at radius 2 is 1.77 bits per heavy atom. The summed E-state index contributed by atoms with van der Waals surface area (Å²) in [5.74, 6) is -1.77. The Morgan fingerprint density at radius 3 is 2.32 bits per heavy atom. The molecule has 2 rings (SSSR count). The average Bonchev–Trinajstić information content (AvgIpc) is 2.54. The van der Waals surface area contributed by atoms with Crippen LogP contribution in [0.2, 0.25) is 0 Å². The number of carbonyl (C=O) groups excluding carboxylic acids is 1. The fraction of sp³-hybridized carbons (Fsp3) is 0.444. The van der Waals surface area contributed by atoms with E-state index in [2.05, 4.69) is 19.2 Å². The average molecular weight is 301 g/mol. The van der Waals surface area contributed by atoms with E-state index in [0.29, 0.717) is 18.8 Å². The molecule has 0 heterocycles. The number of rotatable bonds is 5. The van der Waals surface area contributed by atoms with Gasteiger partial charge >= 0.3 is 5.97 Å². The number of allylic oxidation sites excluding steroid dienone is 2. The quantitative estimate of drug-likeness (QED) is 0.813. The summed E-state index contributed by atoms with van der Waals surface area (Å²) in [6, 6.07) is 7.79. The molecule has 2 N–H and O–H groups in total. The van der Waals surface area contributed by atoms with Gasteiger partial charge in [0.15, 0.2) is 0 Å². The largest absolute Gasteiger partial charge is 0.481 e. The Labute approximate surface area is 131 Å². The molecule has 0 aliphatic heterocycles. The molecule has 3 atom stereocenters. The van der Waals surface area contributed by atoms with Gasteiger partial charge in [-0.25, -0.2) is 0 Å². The van der Waals surface area contributed by atoms with Crippen molar-refractivity contribution in [2.75, 3.05) is 5.32 Å². The van der Waals surface area contributed by atoms with Crippen molar-refractivity contribution >= 4 is 17.6 Å². The lowest BCUT2D eigenvalue weighted by Crippen LogP contribution is -2.34. The zero-order chi connectivity index (χ0) is 16.1. The molecule has 1 aliphatic rings. The van der Waals surface area contributed by atoms with Crippen molar-refractivity contribution in [1.82, 2.24) is 0 Å². The number of amides is 1. The van der Waals surface area contributed by atoms with Gasteiger partial charge in [0, 0.05) is 5.69 Å². The molecule has 4 heteroatoms. The lowest BCUT2D eigenvalue weighted by molar-refractivity contribution is -0.146. The molecule has 0 bridgehead atoms. The van der Waals surface area contributed by atoms with Crippen molar-refractivity contribution < 1.29 is 14.7 Å². The summed E-state index contributed by atoms with van der Waals surface area (Å²) >= 11 is 0. The van der Waals surface area contributed by atoms with Crippen molar-refractivity contribution in [3.05, 3.63) is 42.0 Å². The van der Waals surface area contributed by atoms with Crippen LogP contribution >= 0.6 is 0 Å². The molecule has 118 valence electrons. The molecule has 4 nitrogen and oxygen atoms in total. The summed E-state index contributed by atoms with van der Waals surface area (Å²) in [6.45, 7) is 4.31. The van der Waals surface area contributed by atoms with Crippen LogP contribution in [0.5, 0.6) is 0 Å². The first-order valence-electron chi connectivity index (χ1n) is 7.81. The molecule has 22 heavy (non-hydrogen) atoms. The maximum Gasteiger partial charge on any atom is 0.307 e. The van der Waals surface area contributed by atoms with Crippen LogP contribution in [0.25, 0.3) is 0 Å². The summed E-state index contributed by atoms with van der Waals surface area (Å²) < 4.78 is 0. The number of anilines is 1. The van der Waals surface area contributed by atoms with Crippen LogP contribution in [0.4, 0.5) is 5.69 Å². The van der Waals surface area contributed by atoms with Gasteiger partial charge in [0.1, 0.15) is 0 Å². The van der Waals surface area contributed by atoms with Gasteiger partial charge in [-0.2, -0.15) is 0 Å². The Hall–Kier alpha value is -2.10. The van der Waals surface area contributed by atoms with E-state index < -0.39 is 17.8 Å². The van der Waals surface area contributed by atoms with Crippen molar-refractivity contribution in [2.24, 2.45) is 11.8 Å². The number of carboxylic acid groups (broad SMARTS) is 1. The van der Waals surface area contributed by atoms with Gasteiger partial charge in [-0.15, -0.1) is 0 Å². The second kappa shape index (κ2) is 7.25. The minimum absolute atomic E-state index is 0.215.